The summed E-state index contributed by atoms with van der Waals surface area (Å²) in [6.45, 7) is 12.5. The molecule has 0 unspecified atom stereocenters. The first-order valence-electron chi connectivity index (χ1n) is 6.77. The van der Waals surface area contributed by atoms with E-state index in [2.05, 4.69) is 33.8 Å². The van der Waals surface area contributed by atoms with Gasteiger partial charge in [0.05, 0.1) is 0 Å². The Morgan fingerprint density at radius 3 is 1.89 bits per heavy atom. The maximum Gasteiger partial charge on any atom is 0.122 e. The quantitative estimate of drug-likeness (QED) is 0.849. The molecule has 0 saturated heterocycles. The van der Waals surface area contributed by atoms with Crippen LogP contribution in [0.2, 0.25) is 0 Å². The minimum atomic E-state index is -0.309. The van der Waals surface area contributed by atoms with Gasteiger partial charge < -0.3 is 10.8 Å². The number of benzene rings is 1. The molecule has 0 bridgehead atoms. The summed E-state index contributed by atoms with van der Waals surface area (Å²) >= 11 is 0. The van der Waals surface area contributed by atoms with Gasteiger partial charge in [0, 0.05) is 5.54 Å². The molecule has 2 heteroatoms. The summed E-state index contributed by atoms with van der Waals surface area (Å²) in [5.41, 5.74) is 9.05. The summed E-state index contributed by atoms with van der Waals surface area (Å²) in [5.74, 6) is 1.16. The number of phenols is 1. The lowest BCUT2D eigenvalue weighted by molar-refractivity contribution is 0.438. The third kappa shape index (κ3) is 3.49. The van der Waals surface area contributed by atoms with E-state index in [1.54, 1.807) is 0 Å². The summed E-state index contributed by atoms with van der Waals surface area (Å²) in [5, 5.41) is 10.5. The Balaban J connectivity index is 3.36. The predicted molar refractivity (Wildman–Crippen MR) is 78.3 cm³/mol. The smallest absolute Gasteiger partial charge is 0.122 e. The molecule has 0 radical (unpaired) electrons. The largest absolute Gasteiger partial charge is 0.507 e. The first kappa shape index (κ1) is 15.0. The lowest BCUT2D eigenvalue weighted by Gasteiger charge is -2.25. The maximum atomic E-state index is 10.5. The number of nitrogens with two attached hydrogens (primary N) is 1. The van der Waals surface area contributed by atoms with Gasteiger partial charge in [0.25, 0.3) is 0 Å². The second kappa shape index (κ2) is 5.31. The van der Waals surface area contributed by atoms with Crippen LogP contribution in [0.4, 0.5) is 0 Å². The second-order valence-electron chi connectivity index (χ2n) is 6.55. The fraction of sp³-hybridized carbons (Fsp3) is 0.625. The third-order valence-corrected chi connectivity index (χ3v) is 3.23. The number of hydrogen-bond donors (Lipinski definition) is 2. The summed E-state index contributed by atoms with van der Waals surface area (Å²) in [4.78, 5) is 0. The summed E-state index contributed by atoms with van der Waals surface area (Å²) in [6.07, 6.45) is 0.701. The zero-order chi connectivity index (χ0) is 14.1. The maximum absolute atomic E-state index is 10.5. The van der Waals surface area contributed by atoms with Gasteiger partial charge in [-0.3, -0.25) is 0 Å². The van der Waals surface area contributed by atoms with Gasteiger partial charge in [-0.05, 0) is 48.8 Å². The lowest BCUT2D eigenvalue weighted by Crippen LogP contribution is -2.35. The standard InChI is InChI=1S/C16H27NO/c1-10(2)12-7-8-13(11(3)4)15(18)14(12)9-16(5,6)17/h7-8,10-11,18H,9,17H2,1-6H3. The lowest BCUT2D eigenvalue weighted by atomic mass is 9.85. The van der Waals surface area contributed by atoms with E-state index in [9.17, 15) is 5.11 Å². The molecule has 0 fully saturated rings. The first-order chi connectivity index (χ1) is 8.13. The third-order valence-electron chi connectivity index (χ3n) is 3.23. The molecule has 0 atom stereocenters. The topological polar surface area (TPSA) is 46.2 Å². The molecule has 1 rings (SSSR count). The van der Waals surface area contributed by atoms with Crippen LogP contribution in [-0.2, 0) is 6.42 Å². The first-order valence-corrected chi connectivity index (χ1v) is 6.77. The number of phenolic OH excluding ortho intramolecular Hbond substituents is 1. The van der Waals surface area contributed by atoms with Crippen LogP contribution in [-0.4, -0.2) is 10.6 Å². The van der Waals surface area contributed by atoms with Gasteiger partial charge in [-0.25, -0.2) is 0 Å². The highest BCUT2D eigenvalue weighted by molar-refractivity contribution is 5.48. The van der Waals surface area contributed by atoms with Crippen molar-refractivity contribution < 1.29 is 5.11 Å². The number of aromatic hydroxyl groups is 1. The van der Waals surface area contributed by atoms with E-state index in [0.717, 1.165) is 11.1 Å². The molecule has 102 valence electrons. The molecule has 0 aromatic heterocycles. The van der Waals surface area contributed by atoms with Gasteiger partial charge in [-0.1, -0.05) is 39.8 Å². The Morgan fingerprint density at radius 2 is 1.50 bits per heavy atom. The second-order valence-corrected chi connectivity index (χ2v) is 6.55. The molecule has 0 aliphatic heterocycles. The molecule has 18 heavy (non-hydrogen) atoms. The Hall–Kier alpha value is -1.02. The zero-order valence-electron chi connectivity index (χ0n) is 12.5. The van der Waals surface area contributed by atoms with Crippen molar-refractivity contribution in [3.63, 3.8) is 0 Å². The van der Waals surface area contributed by atoms with Gasteiger partial charge >= 0.3 is 0 Å². The van der Waals surface area contributed by atoms with Crippen LogP contribution in [0.1, 0.15) is 70.1 Å². The molecule has 0 amide bonds. The number of hydrogen-bond acceptors (Lipinski definition) is 2. The monoisotopic (exact) mass is 249 g/mol. The molecule has 0 aliphatic rings. The highest BCUT2D eigenvalue weighted by Gasteiger charge is 2.21. The van der Waals surface area contributed by atoms with E-state index in [1.807, 2.05) is 19.9 Å². The molecule has 0 heterocycles. The molecule has 1 aromatic rings. The van der Waals surface area contributed by atoms with Crippen molar-refractivity contribution in [2.45, 2.75) is 65.3 Å². The Kier molecular flexibility index (Phi) is 4.44. The van der Waals surface area contributed by atoms with Crippen LogP contribution in [0.15, 0.2) is 12.1 Å². The SMILES string of the molecule is CC(C)c1ccc(C(C)C)c(CC(C)(C)N)c1O. The van der Waals surface area contributed by atoms with Crippen LogP contribution >= 0.6 is 0 Å². The predicted octanol–water partition coefficient (Wildman–Crippen LogP) is 3.92. The molecule has 0 aliphatic carbocycles. The molecular weight excluding hydrogens is 222 g/mol. The molecule has 3 N–H and O–H groups in total. The van der Waals surface area contributed by atoms with E-state index in [0.29, 0.717) is 24.0 Å². The minimum Gasteiger partial charge on any atom is -0.507 e. The van der Waals surface area contributed by atoms with E-state index in [-0.39, 0.29) is 5.54 Å². The van der Waals surface area contributed by atoms with Gasteiger partial charge in [-0.2, -0.15) is 0 Å². The van der Waals surface area contributed by atoms with E-state index >= 15 is 0 Å². The molecule has 1 aromatic carbocycles. The van der Waals surface area contributed by atoms with Crippen molar-refractivity contribution in [2.24, 2.45) is 5.73 Å². The van der Waals surface area contributed by atoms with Crippen LogP contribution < -0.4 is 5.73 Å². The van der Waals surface area contributed by atoms with Crippen molar-refractivity contribution in [1.82, 2.24) is 0 Å². The zero-order valence-corrected chi connectivity index (χ0v) is 12.5. The van der Waals surface area contributed by atoms with Crippen molar-refractivity contribution in [1.29, 1.82) is 0 Å². The molecular formula is C16H27NO. The van der Waals surface area contributed by atoms with Crippen LogP contribution in [0.5, 0.6) is 5.75 Å². The van der Waals surface area contributed by atoms with Gasteiger partial charge in [-0.15, -0.1) is 0 Å². The molecule has 2 nitrogen and oxygen atoms in total. The Bertz CT molecular complexity index is 414. The fourth-order valence-electron chi connectivity index (χ4n) is 2.32. The van der Waals surface area contributed by atoms with Crippen molar-refractivity contribution >= 4 is 0 Å². The van der Waals surface area contributed by atoms with Gasteiger partial charge in [0.2, 0.25) is 0 Å². The van der Waals surface area contributed by atoms with Crippen molar-refractivity contribution in [2.75, 3.05) is 0 Å². The van der Waals surface area contributed by atoms with E-state index < -0.39 is 0 Å². The Labute approximate surface area is 111 Å². The van der Waals surface area contributed by atoms with E-state index in [4.69, 9.17) is 5.73 Å². The summed E-state index contributed by atoms with van der Waals surface area (Å²) < 4.78 is 0. The minimum absolute atomic E-state index is 0.309. The van der Waals surface area contributed by atoms with Gasteiger partial charge in [0.15, 0.2) is 0 Å². The average molecular weight is 249 g/mol. The highest BCUT2D eigenvalue weighted by Crippen LogP contribution is 2.36. The summed E-state index contributed by atoms with van der Waals surface area (Å²) in [7, 11) is 0. The van der Waals surface area contributed by atoms with Crippen LogP contribution in [0.3, 0.4) is 0 Å². The van der Waals surface area contributed by atoms with Crippen LogP contribution in [0.25, 0.3) is 0 Å². The fourth-order valence-corrected chi connectivity index (χ4v) is 2.32. The normalized spacial score (nSPS) is 12.5. The summed E-state index contributed by atoms with van der Waals surface area (Å²) in [6, 6.07) is 4.18. The van der Waals surface area contributed by atoms with Gasteiger partial charge in [0.1, 0.15) is 5.75 Å². The average Bonchev–Trinajstić information content (AvgIpc) is 2.17. The number of rotatable bonds is 4. The Morgan fingerprint density at radius 1 is 1.06 bits per heavy atom. The van der Waals surface area contributed by atoms with Crippen LogP contribution in [0, 0.1) is 0 Å². The van der Waals surface area contributed by atoms with E-state index in [1.165, 1.54) is 5.56 Å². The van der Waals surface area contributed by atoms with Crippen molar-refractivity contribution in [3.8, 4) is 5.75 Å². The van der Waals surface area contributed by atoms with Crippen molar-refractivity contribution in [3.05, 3.63) is 28.8 Å². The highest BCUT2D eigenvalue weighted by atomic mass is 16.3. The molecule has 0 spiro atoms. The molecule has 0 saturated carbocycles.